The van der Waals surface area contributed by atoms with Crippen molar-refractivity contribution in [2.75, 3.05) is 30.3 Å². The van der Waals surface area contributed by atoms with E-state index in [2.05, 4.69) is 48.6 Å². The summed E-state index contributed by atoms with van der Waals surface area (Å²) in [5.41, 5.74) is 4.28. The zero-order valence-electron chi connectivity index (χ0n) is 46.8. The summed E-state index contributed by atoms with van der Waals surface area (Å²) >= 11 is 15.3. The maximum absolute atomic E-state index is 11.9. The first-order valence-electron chi connectivity index (χ1n) is 27.6. The molecule has 0 saturated carbocycles. The average Bonchev–Trinajstić information content (AvgIpc) is 3.97. The van der Waals surface area contributed by atoms with Gasteiger partial charge in [-0.05, 0) is 97.7 Å². The summed E-state index contributed by atoms with van der Waals surface area (Å²) in [4.78, 5) is 73.5. The monoisotopic (exact) mass is 1240 g/mol. The first kappa shape index (κ1) is 69.1. The van der Waals surface area contributed by atoms with Crippen LogP contribution < -0.4 is 4.90 Å². The second-order valence-electron chi connectivity index (χ2n) is 21.0. The zero-order valence-corrected chi connectivity index (χ0v) is 51.8. The molecule has 6 rings (SSSR count). The van der Waals surface area contributed by atoms with Gasteiger partial charge in [-0.2, -0.15) is 0 Å². The van der Waals surface area contributed by atoms with Crippen molar-refractivity contribution in [3.63, 3.8) is 0 Å². The van der Waals surface area contributed by atoms with E-state index in [4.69, 9.17) is 39.4 Å². The van der Waals surface area contributed by atoms with Gasteiger partial charge in [-0.3, -0.25) is 28.8 Å². The molecule has 4 aromatic carbocycles. The van der Waals surface area contributed by atoms with Gasteiger partial charge in [0.1, 0.15) is 0 Å². The van der Waals surface area contributed by atoms with Crippen LogP contribution in [0, 0.1) is 30.6 Å². The van der Waals surface area contributed by atoms with Crippen LogP contribution in [0.2, 0.25) is 0 Å². The molecule has 1 aromatic heterocycles. The topological polar surface area (TPSA) is 220 Å². The first-order valence-corrected chi connectivity index (χ1v) is 33.5. The van der Waals surface area contributed by atoms with E-state index < -0.39 is 58.8 Å². The number of halogens is 1. The predicted molar refractivity (Wildman–Crippen MR) is 335 cm³/mol. The number of nitrogens with zero attached hydrogens (tertiary/aromatic N) is 2. The number of aliphatic carboxylic acids is 5. The van der Waals surface area contributed by atoms with Crippen LogP contribution in [0.4, 0.5) is 5.13 Å². The second kappa shape index (κ2) is 37.0. The lowest BCUT2D eigenvalue weighted by Crippen LogP contribution is -2.39. The Morgan fingerprint density at radius 2 is 1.09 bits per heavy atom. The standard InChI is InChI=1S/C20H18O4.C16H35PS2.C14H16N2O4S.C12H13BrO3/c21-19(22)17-15(13-7-3-1-4-8-13)11-12-16(18(17)20(23)24)14-9-5-2-6-10-14;1-15(2)11-7-5-9-13-17(18,19)14-10-6-8-12-16(3)4;1-9-2-3-10-11(8-9)21-14(15-10)16(6-4-12(17)18)7-5-13(19)20;13-10-5-3-4-9(8-10)11(14)6-1-2-7-12(15)16/h1-12,15-18H,(H,21,22)(H,23,24);15-16H,5-14H2,1-4H3,(H,18,19);2-3,8H,4-7H2,1H3,(H,17,18)(H,19,20);3-5,8H,1-2,6-7H2,(H,15,16). The van der Waals surface area contributed by atoms with Crippen molar-refractivity contribution < 1.29 is 54.3 Å². The number of ketones is 1. The predicted octanol–water partition coefficient (Wildman–Crippen LogP) is 15.9. The van der Waals surface area contributed by atoms with Crippen molar-refractivity contribution in [2.45, 2.75) is 136 Å². The van der Waals surface area contributed by atoms with Gasteiger partial charge in [0, 0.05) is 53.0 Å². The molecule has 436 valence electrons. The Kier molecular flexibility index (Phi) is 32.0. The molecule has 1 heterocycles. The van der Waals surface area contributed by atoms with Crippen LogP contribution in [-0.2, 0) is 35.8 Å². The van der Waals surface area contributed by atoms with Gasteiger partial charge in [0.05, 0.1) is 34.9 Å². The number of thiol groups is 1. The number of thiazole rings is 1. The summed E-state index contributed by atoms with van der Waals surface area (Å²) in [6.45, 7) is 11.7. The van der Waals surface area contributed by atoms with Gasteiger partial charge in [-0.1, -0.05) is 196 Å². The lowest BCUT2D eigenvalue weighted by Gasteiger charge is -2.35. The number of rotatable bonds is 29. The molecule has 0 bridgehead atoms. The van der Waals surface area contributed by atoms with Gasteiger partial charge in [0.25, 0.3) is 0 Å². The number of unbranched alkanes of at least 4 members (excludes halogenated alkanes) is 5. The van der Waals surface area contributed by atoms with E-state index in [1.54, 1.807) is 17.0 Å². The van der Waals surface area contributed by atoms with E-state index in [1.165, 1.54) is 75.0 Å². The number of carbonyl (C=O) groups is 6. The molecule has 5 N–H and O–H groups in total. The molecular formula is C62H82BrN2O11PS3. The van der Waals surface area contributed by atoms with Crippen LogP contribution >= 0.6 is 44.8 Å². The highest BCUT2D eigenvalue weighted by Gasteiger charge is 2.46. The third-order valence-corrected chi connectivity index (χ3v) is 19.3. The third kappa shape index (κ3) is 27.1. The number of aromatic nitrogens is 1. The van der Waals surface area contributed by atoms with Crippen LogP contribution in [0.3, 0.4) is 0 Å². The number of benzene rings is 4. The number of fused-ring (bicyclic) bond motifs is 1. The van der Waals surface area contributed by atoms with Crippen molar-refractivity contribution in [2.24, 2.45) is 23.7 Å². The fourth-order valence-corrected chi connectivity index (χ4v) is 13.9. The highest BCUT2D eigenvalue weighted by molar-refractivity contribution is 9.10. The van der Waals surface area contributed by atoms with Crippen LogP contribution in [0.25, 0.3) is 10.2 Å². The van der Waals surface area contributed by atoms with Gasteiger partial charge >= 0.3 is 29.8 Å². The average molecular weight is 1240 g/mol. The van der Waals surface area contributed by atoms with Crippen molar-refractivity contribution in [3.05, 3.63) is 142 Å². The van der Waals surface area contributed by atoms with E-state index in [9.17, 15) is 39.0 Å². The fourth-order valence-electron chi connectivity index (χ4n) is 9.10. The minimum atomic E-state index is -1.29. The van der Waals surface area contributed by atoms with Crippen LogP contribution in [0.5, 0.6) is 0 Å². The van der Waals surface area contributed by atoms with Gasteiger partial charge in [-0.25, -0.2) is 4.98 Å². The highest BCUT2D eigenvalue weighted by Crippen LogP contribution is 2.52. The number of anilines is 1. The van der Waals surface area contributed by atoms with Crippen molar-refractivity contribution >= 4 is 108 Å². The number of carboxylic acid groups (broad SMARTS) is 5. The number of hydrogen-bond acceptors (Lipinski definition) is 10. The highest BCUT2D eigenvalue weighted by atomic mass is 79.9. The number of Topliss-reactive ketones (excluding diaryl/α,β-unsaturated/α-hetero) is 1. The summed E-state index contributed by atoms with van der Waals surface area (Å²) in [6, 6.07) is 31.5. The van der Waals surface area contributed by atoms with Crippen LogP contribution in [0.1, 0.15) is 156 Å². The summed E-state index contributed by atoms with van der Waals surface area (Å²) in [7, 11) is 0. The molecule has 13 nitrogen and oxygen atoms in total. The minimum Gasteiger partial charge on any atom is -0.481 e. The van der Waals surface area contributed by atoms with E-state index in [-0.39, 0.29) is 38.1 Å². The normalized spacial score (nSPS) is 15.6. The molecule has 5 aromatic rings. The SMILES string of the molecule is CC(C)CCCCCP(=S)(S)CCCCCC(C)C.Cc1ccc2nc(N(CCC(=O)O)CCC(=O)O)sc2c1.O=C(O)C1C(c2ccccc2)C=CC(c2ccccc2)C1C(=O)O.O=C(O)CCCCC(=O)c1cccc(Br)c1. The molecule has 0 amide bonds. The third-order valence-electron chi connectivity index (χ3n) is 13.4. The van der Waals surface area contributed by atoms with E-state index in [0.29, 0.717) is 30.0 Å². The van der Waals surface area contributed by atoms with E-state index in [0.717, 1.165) is 43.2 Å². The number of allylic oxidation sites excluding steroid dienone is 2. The van der Waals surface area contributed by atoms with E-state index >= 15 is 0 Å². The molecule has 0 fully saturated rings. The number of aryl methyl sites for hydroxylation is 1. The molecule has 0 aliphatic heterocycles. The smallest absolute Gasteiger partial charge is 0.308 e. The number of hydrogen-bond donors (Lipinski definition) is 6. The Labute approximate surface area is 496 Å². The van der Waals surface area contributed by atoms with Gasteiger partial charge in [-0.15, -0.1) is 12.2 Å². The molecular weight excluding hydrogens is 1160 g/mol. The number of carbonyl (C=O) groups excluding carboxylic acids is 1. The summed E-state index contributed by atoms with van der Waals surface area (Å²) in [6.07, 6.45) is 18.5. The molecule has 4 unspecified atom stereocenters. The van der Waals surface area contributed by atoms with Crippen molar-refractivity contribution in [1.29, 1.82) is 0 Å². The van der Waals surface area contributed by atoms with Crippen LogP contribution in [0.15, 0.2) is 120 Å². The van der Waals surface area contributed by atoms with Gasteiger partial charge < -0.3 is 30.4 Å². The van der Waals surface area contributed by atoms with Gasteiger partial charge in [0.15, 0.2) is 10.9 Å². The second-order valence-corrected chi connectivity index (χ2v) is 30.8. The summed E-state index contributed by atoms with van der Waals surface area (Å²) in [5.74, 6) is -5.97. The zero-order chi connectivity index (χ0) is 59.2. The Morgan fingerprint density at radius 1 is 0.613 bits per heavy atom. The van der Waals surface area contributed by atoms with E-state index in [1.807, 2.05) is 110 Å². The fraction of sp³-hybridized carbons (Fsp3) is 0.468. The molecule has 1 aliphatic rings. The molecule has 0 radical (unpaired) electrons. The lowest BCUT2D eigenvalue weighted by atomic mass is 9.66. The molecule has 1 aliphatic carbocycles. The Bertz CT molecular complexity index is 2690. The Balaban J connectivity index is 0.000000283. The Hall–Kier alpha value is -5.19. The quantitative estimate of drug-likeness (QED) is 0.00863. The number of carboxylic acids is 5. The Morgan fingerprint density at radius 3 is 1.52 bits per heavy atom. The first-order chi connectivity index (χ1) is 38.0. The van der Waals surface area contributed by atoms with Crippen LogP contribution in [-0.4, -0.2) is 91.6 Å². The van der Waals surface area contributed by atoms with Gasteiger partial charge in [0.2, 0.25) is 0 Å². The molecule has 4 atom stereocenters. The molecule has 18 heteroatoms. The summed E-state index contributed by atoms with van der Waals surface area (Å²) < 4.78 is 1.89. The molecule has 0 saturated heterocycles. The largest absolute Gasteiger partial charge is 0.481 e. The molecule has 0 spiro atoms. The maximum Gasteiger partial charge on any atom is 0.308 e. The lowest BCUT2D eigenvalue weighted by molar-refractivity contribution is -0.155. The van der Waals surface area contributed by atoms with Crippen molar-refractivity contribution in [3.8, 4) is 0 Å². The minimum absolute atomic E-state index is 0.0471. The molecule has 80 heavy (non-hydrogen) atoms. The summed E-state index contributed by atoms with van der Waals surface area (Å²) in [5, 5.41) is 44.9. The maximum atomic E-state index is 11.9. The van der Waals surface area contributed by atoms with Crippen molar-refractivity contribution in [1.82, 2.24) is 4.98 Å².